The van der Waals surface area contributed by atoms with Crippen LogP contribution in [0.1, 0.15) is 93.2 Å². The molecule has 4 rings (SSSR count). The molecule has 0 bridgehead atoms. The van der Waals surface area contributed by atoms with Crippen molar-refractivity contribution in [3.05, 3.63) is 59.7 Å². The SMILES string of the molecule is CC(C)C[C@@H]1CN(c2cccc(C(C)(C)C)c2)C(C2=N[C@H](CC(C)C)CN2c2cccc(C(C)(C)C)c2)=N1. The largest absolute Gasteiger partial charge is 0.321 e. The van der Waals surface area contributed by atoms with Crippen molar-refractivity contribution in [2.45, 2.75) is 105 Å². The number of hydrogen-bond acceptors (Lipinski definition) is 4. The lowest BCUT2D eigenvalue weighted by atomic mass is 9.87. The molecule has 0 radical (unpaired) electrons. The lowest BCUT2D eigenvalue weighted by molar-refractivity contribution is 0.514. The Morgan fingerprint density at radius 3 is 1.34 bits per heavy atom. The van der Waals surface area contributed by atoms with E-state index in [9.17, 15) is 0 Å². The predicted molar refractivity (Wildman–Crippen MR) is 166 cm³/mol. The molecule has 4 heteroatoms. The van der Waals surface area contributed by atoms with Crippen LogP contribution in [0.4, 0.5) is 11.4 Å². The fourth-order valence-corrected chi connectivity index (χ4v) is 5.60. The van der Waals surface area contributed by atoms with E-state index in [0.717, 1.165) is 37.6 Å². The molecule has 0 unspecified atom stereocenters. The Kier molecular flexibility index (Phi) is 8.12. The zero-order valence-corrected chi connectivity index (χ0v) is 25.5. The van der Waals surface area contributed by atoms with Gasteiger partial charge in [0.05, 0.1) is 12.1 Å². The van der Waals surface area contributed by atoms with E-state index in [1.165, 1.54) is 22.5 Å². The highest BCUT2D eigenvalue weighted by molar-refractivity contribution is 6.50. The third-order valence-corrected chi connectivity index (χ3v) is 7.64. The summed E-state index contributed by atoms with van der Waals surface area (Å²) in [6.07, 6.45) is 2.17. The van der Waals surface area contributed by atoms with Crippen molar-refractivity contribution in [3.8, 4) is 0 Å². The molecule has 0 fully saturated rings. The van der Waals surface area contributed by atoms with Crippen molar-refractivity contribution in [1.82, 2.24) is 0 Å². The van der Waals surface area contributed by atoms with E-state index in [-0.39, 0.29) is 22.9 Å². The van der Waals surface area contributed by atoms with Crippen molar-refractivity contribution in [2.24, 2.45) is 21.8 Å². The Balaban J connectivity index is 1.79. The normalized spacial score (nSPS) is 20.5. The van der Waals surface area contributed by atoms with Gasteiger partial charge in [-0.3, -0.25) is 9.98 Å². The maximum atomic E-state index is 5.39. The van der Waals surface area contributed by atoms with Gasteiger partial charge in [-0.15, -0.1) is 0 Å². The summed E-state index contributed by atoms with van der Waals surface area (Å²) in [5.41, 5.74) is 5.33. The first-order valence-electron chi connectivity index (χ1n) is 14.6. The van der Waals surface area contributed by atoms with Crippen molar-refractivity contribution in [3.63, 3.8) is 0 Å². The Morgan fingerprint density at radius 2 is 1.03 bits per heavy atom. The Labute approximate surface area is 232 Å². The minimum atomic E-state index is 0.0943. The fraction of sp³-hybridized carbons (Fsp3) is 0.588. The van der Waals surface area contributed by atoms with Gasteiger partial charge < -0.3 is 9.80 Å². The van der Waals surface area contributed by atoms with Gasteiger partial charge in [-0.25, -0.2) is 0 Å². The average molecular weight is 515 g/mol. The van der Waals surface area contributed by atoms with Crippen LogP contribution in [-0.2, 0) is 10.8 Å². The Hall–Kier alpha value is -2.62. The molecule has 2 aliphatic heterocycles. The van der Waals surface area contributed by atoms with E-state index in [4.69, 9.17) is 9.98 Å². The maximum Gasteiger partial charge on any atom is 0.172 e. The molecule has 0 aromatic heterocycles. The Morgan fingerprint density at radius 1 is 0.658 bits per heavy atom. The topological polar surface area (TPSA) is 31.2 Å². The molecule has 2 atom stereocenters. The summed E-state index contributed by atoms with van der Waals surface area (Å²) in [6, 6.07) is 18.7. The molecule has 0 saturated carbocycles. The molecule has 0 amide bonds. The highest BCUT2D eigenvalue weighted by Gasteiger charge is 2.37. The number of rotatable bonds is 7. The first kappa shape index (κ1) is 28.4. The van der Waals surface area contributed by atoms with E-state index in [0.29, 0.717) is 11.8 Å². The van der Waals surface area contributed by atoms with Crippen LogP contribution < -0.4 is 9.80 Å². The van der Waals surface area contributed by atoms with Gasteiger partial charge in [0.15, 0.2) is 11.7 Å². The number of amidine groups is 2. The smallest absolute Gasteiger partial charge is 0.172 e. The van der Waals surface area contributed by atoms with Gasteiger partial charge in [0.1, 0.15) is 0 Å². The summed E-state index contributed by atoms with van der Waals surface area (Å²) < 4.78 is 0. The second-order valence-electron chi connectivity index (χ2n) is 14.3. The van der Waals surface area contributed by atoms with Gasteiger partial charge in [-0.1, -0.05) is 93.5 Å². The molecule has 0 N–H and O–H groups in total. The molecule has 0 spiro atoms. The van der Waals surface area contributed by atoms with Crippen LogP contribution in [0.5, 0.6) is 0 Å². The molecule has 0 aliphatic carbocycles. The van der Waals surface area contributed by atoms with Crippen LogP contribution in [0.25, 0.3) is 0 Å². The third kappa shape index (κ3) is 6.50. The van der Waals surface area contributed by atoms with E-state index in [2.05, 4.69) is 128 Å². The zero-order chi connectivity index (χ0) is 27.8. The van der Waals surface area contributed by atoms with Gasteiger partial charge in [0, 0.05) is 24.5 Å². The summed E-state index contributed by atoms with van der Waals surface area (Å²) >= 11 is 0. The molecule has 38 heavy (non-hydrogen) atoms. The van der Waals surface area contributed by atoms with Crippen molar-refractivity contribution in [1.29, 1.82) is 0 Å². The van der Waals surface area contributed by atoms with Gasteiger partial charge in [0.25, 0.3) is 0 Å². The molecule has 206 valence electrons. The number of benzene rings is 2. The van der Waals surface area contributed by atoms with Crippen molar-refractivity contribution >= 4 is 23.0 Å². The van der Waals surface area contributed by atoms with Crippen molar-refractivity contribution < 1.29 is 0 Å². The minimum Gasteiger partial charge on any atom is -0.321 e. The predicted octanol–water partition coefficient (Wildman–Crippen LogP) is 8.25. The summed E-state index contributed by atoms with van der Waals surface area (Å²) in [5, 5.41) is 0. The fourth-order valence-electron chi connectivity index (χ4n) is 5.60. The van der Waals surface area contributed by atoms with Crippen LogP contribution in [0.2, 0.25) is 0 Å². The van der Waals surface area contributed by atoms with Crippen LogP contribution in [0.15, 0.2) is 58.5 Å². The molecular formula is C34H50N4. The Bertz CT molecular complexity index is 1080. The molecule has 2 aromatic carbocycles. The van der Waals surface area contributed by atoms with Crippen LogP contribution in [0.3, 0.4) is 0 Å². The highest BCUT2D eigenvalue weighted by atomic mass is 15.4. The highest BCUT2D eigenvalue weighted by Crippen LogP contribution is 2.34. The van der Waals surface area contributed by atoms with Gasteiger partial charge >= 0.3 is 0 Å². The van der Waals surface area contributed by atoms with Crippen LogP contribution in [0, 0.1) is 11.8 Å². The standard InChI is InChI=1S/C34H50N4/c1-23(2)17-27-21-37(29-15-11-13-25(19-29)33(5,6)7)31(35-27)32-36-28(18-24(3)4)22-38(32)30-16-12-14-26(20-30)34(8,9)10/h11-16,19-20,23-24,27-28H,17-18,21-22H2,1-10H3/t27-,28-/m1/s1. The van der Waals surface area contributed by atoms with E-state index in [1.807, 2.05) is 0 Å². The number of nitrogens with zero attached hydrogens (tertiary/aromatic N) is 4. The van der Waals surface area contributed by atoms with Crippen LogP contribution >= 0.6 is 0 Å². The first-order chi connectivity index (χ1) is 17.7. The third-order valence-electron chi connectivity index (χ3n) is 7.64. The van der Waals surface area contributed by atoms with E-state index < -0.39 is 0 Å². The molecule has 2 aliphatic rings. The van der Waals surface area contributed by atoms with Gasteiger partial charge in [-0.2, -0.15) is 0 Å². The summed E-state index contributed by atoms with van der Waals surface area (Å²) in [4.78, 5) is 15.7. The molecular weight excluding hydrogens is 464 g/mol. The van der Waals surface area contributed by atoms with Crippen molar-refractivity contribution in [2.75, 3.05) is 22.9 Å². The summed E-state index contributed by atoms with van der Waals surface area (Å²) in [7, 11) is 0. The average Bonchev–Trinajstić information content (AvgIpc) is 3.41. The number of anilines is 2. The molecule has 2 heterocycles. The van der Waals surface area contributed by atoms with Crippen LogP contribution in [-0.4, -0.2) is 36.8 Å². The molecule has 4 nitrogen and oxygen atoms in total. The van der Waals surface area contributed by atoms with Gasteiger partial charge in [0.2, 0.25) is 0 Å². The monoisotopic (exact) mass is 514 g/mol. The quantitative estimate of drug-likeness (QED) is 0.372. The lowest BCUT2D eigenvalue weighted by Gasteiger charge is -2.29. The van der Waals surface area contributed by atoms with E-state index >= 15 is 0 Å². The lowest BCUT2D eigenvalue weighted by Crippen LogP contribution is -2.42. The first-order valence-corrected chi connectivity index (χ1v) is 14.6. The van der Waals surface area contributed by atoms with E-state index in [1.54, 1.807) is 0 Å². The molecule has 0 saturated heterocycles. The summed E-state index contributed by atoms with van der Waals surface area (Å²) in [6.45, 7) is 24.7. The second-order valence-corrected chi connectivity index (χ2v) is 14.3. The maximum absolute atomic E-state index is 5.39. The second kappa shape index (κ2) is 10.9. The zero-order valence-electron chi connectivity index (χ0n) is 25.5. The summed E-state index contributed by atoms with van der Waals surface area (Å²) in [5.74, 6) is 3.28. The molecule has 2 aromatic rings. The van der Waals surface area contributed by atoms with Gasteiger partial charge in [-0.05, 0) is 70.9 Å². The number of aliphatic imine (C=N–C) groups is 2. The number of hydrogen-bond donors (Lipinski definition) is 0. The minimum absolute atomic E-state index is 0.0943.